The standard InChI is InChI=1S/C17H22N4O3/c1-4-7-18-16-11-19-13(10-20-16)17(22)21-9-12-5-6-14(23-2)15(8-12)24-3/h5-6,8,10-11H,4,7,9H2,1-3H3,(H,18,20)(H,21,22). The summed E-state index contributed by atoms with van der Waals surface area (Å²) in [5.41, 5.74) is 1.17. The van der Waals surface area contributed by atoms with Crippen molar-refractivity contribution in [2.24, 2.45) is 0 Å². The number of carbonyl (C=O) groups excluding carboxylic acids is 1. The van der Waals surface area contributed by atoms with Gasteiger partial charge in [-0.05, 0) is 24.1 Å². The van der Waals surface area contributed by atoms with Crippen LogP contribution in [0.25, 0.3) is 0 Å². The topological polar surface area (TPSA) is 85.4 Å². The molecule has 0 saturated carbocycles. The molecule has 1 aromatic heterocycles. The van der Waals surface area contributed by atoms with E-state index in [9.17, 15) is 4.79 Å². The Morgan fingerprint density at radius 3 is 2.54 bits per heavy atom. The normalized spacial score (nSPS) is 10.1. The number of benzene rings is 1. The molecule has 0 spiro atoms. The Morgan fingerprint density at radius 2 is 1.92 bits per heavy atom. The van der Waals surface area contributed by atoms with E-state index in [0.717, 1.165) is 18.5 Å². The first-order valence-corrected chi connectivity index (χ1v) is 7.73. The Bertz CT molecular complexity index is 674. The van der Waals surface area contributed by atoms with Gasteiger partial charge < -0.3 is 20.1 Å². The summed E-state index contributed by atoms with van der Waals surface area (Å²) in [7, 11) is 3.15. The first-order valence-electron chi connectivity index (χ1n) is 7.73. The smallest absolute Gasteiger partial charge is 0.271 e. The number of hydrogen-bond acceptors (Lipinski definition) is 6. The lowest BCUT2D eigenvalue weighted by Crippen LogP contribution is -2.24. The number of ether oxygens (including phenoxy) is 2. The minimum atomic E-state index is -0.278. The third-order valence-electron chi connectivity index (χ3n) is 3.34. The Balaban J connectivity index is 1.95. The van der Waals surface area contributed by atoms with Gasteiger partial charge in [-0.3, -0.25) is 4.79 Å². The van der Waals surface area contributed by atoms with Gasteiger partial charge in [0.25, 0.3) is 5.91 Å². The molecule has 2 N–H and O–H groups in total. The van der Waals surface area contributed by atoms with Gasteiger partial charge in [-0.2, -0.15) is 0 Å². The molecule has 7 nitrogen and oxygen atoms in total. The van der Waals surface area contributed by atoms with Gasteiger partial charge in [0.2, 0.25) is 0 Å². The summed E-state index contributed by atoms with van der Waals surface area (Å²) in [5.74, 6) is 1.65. The fourth-order valence-electron chi connectivity index (χ4n) is 2.05. The van der Waals surface area contributed by atoms with Gasteiger partial charge in [0.15, 0.2) is 11.5 Å². The van der Waals surface area contributed by atoms with Crippen molar-refractivity contribution in [3.8, 4) is 11.5 Å². The zero-order valence-corrected chi connectivity index (χ0v) is 14.1. The van der Waals surface area contributed by atoms with Crippen molar-refractivity contribution < 1.29 is 14.3 Å². The number of aromatic nitrogens is 2. The molecular formula is C17H22N4O3. The third kappa shape index (κ3) is 4.58. The second-order valence-corrected chi connectivity index (χ2v) is 5.09. The van der Waals surface area contributed by atoms with Crippen molar-refractivity contribution in [2.75, 3.05) is 26.1 Å². The minimum absolute atomic E-state index is 0.275. The van der Waals surface area contributed by atoms with E-state index in [2.05, 4.69) is 27.5 Å². The van der Waals surface area contributed by atoms with Crippen LogP contribution in [0.3, 0.4) is 0 Å². The maximum Gasteiger partial charge on any atom is 0.271 e. The summed E-state index contributed by atoms with van der Waals surface area (Å²) < 4.78 is 10.4. The van der Waals surface area contributed by atoms with E-state index in [1.807, 2.05) is 12.1 Å². The number of nitrogens with one attached hydrogen (secondary N) is 2. The SMILES string of the molecule is CCCNc1cnc(C(=O)NCc2ccc(OC)c(OC)c2)cn1. The molecule has 1 aromatic carbocycles. The second kappa shape index (κ2) is 8.71. The molecule has 24 heavy (non-hydrogen) atoms. The minimum Gasteiger partial charge on any atom is -0.493 e. The lowest BCUT2D eigenvalue weighted by atomic mass is 10.2. The largest absolute Gasteiger partial charge is 0.493 e. The molecule has 0 radical (unpaired) electrons. The Hall–Kier alpha value is -2.83. The van der Waals surface area contributed by atoms with Crippen LogP contribution >= 0.6 is 0 Å². The number of methoxy groups -OCH3 is 2. The van der Waals surface area contributed by atoms with Gasteiger partial charge in [-0.1, -0.05) is 13.0 Å². The Labute approximate surface area is 141 Å². The van der Waals surface area contributed by atoms with Crippen LogP contribution in [0.15, 0.2) is 30.6 Å². The monoisotopic (exact) mass is 330 g/mol. The van der Waals surface area contributed by atoms with E-state index in [0.29, 0.717) is 23.9 Å². The van der Waals surface area contributed by atoms with Gasteiger partial charge in [0.1, 0.15) is 11.5 Å². The highest BCUT2D eigenvalue weighted by Gasteiger charge is 2.09. The van der Waals surface area contributed by atoms with Gasteiger partial charge in [-0.15, -0.1) is 0 Å². The number of amides is 1. The van der Waals surface area contributed by atoms with Gasteiger partial charge >= 0.3 is 0 Å². The number of rotatable bonds is 8. The van der Waals surface area contributed by atoms with Crippen molar-refractivity contribution in [3.63, 3.8) is 0 Å². The summed E-state index contributed by atoms with van der Waals surface area (Å²) in [4.78, 5) is 20.4. The molecule has 0 atom stereocenters. The lowest BCUT2D eigenvalue weighted by molar-refractivity contribution is 0.0945. The van der Waals surface area contributed by atoms with Crippen molar-refractivity contribution in [1.82, 2.24) is 15.3 Å². The number of carbonyl (C=O) groups is 1. The first kappa shape index (κ1) is 17.5. The van der Waals surface area contributed by atoms with E-state index in [1.54, 1.807) is 26.5 Å². The summed E-state index contributed by atoms with van der Waals surface area (Å²) in [6.07, 6.45) is 4.01. The fourth-order valence-corrected chi connectivity index (χ4v) is 2.05. The van der Waals surface area contributed by atoms with Crippen molar-refractivity contribution in [3.05, 3.63) is 41.9 Å². The number of nitrogens with zero attached hydrogens (tertiary/aromatic N) is 2. The van der Waals surface area contributed by atoms with Gasteiger partial charge in [-0.25, -0.2) is 9.97 Å². The summed E-state index contributed by atoms with van der Waals surface area (Å²) in [6.45, 7) is 3.24. The molecular weight excluding hydrogens is 308 g/mol. The predicted octanol–water partition coefficient (Wildman–Crippen LogP) is 2.25. The van der Waals surface area contributed by atoms with E-state index in [-0.39, 0.29) is 11.6 Å². The van der Waals surface area contributed by atoms with Crippen LogP contribution in [-0.2, 0) is 6.54 Å². The van der Waals surface area contributed by atoms with Crippen LogP contribution < -0.4 is 20.1 Å². The first-order chi connectivity index (χ1) is 11.7. The van der Waals surface area contributed by atoms with Crippen LogP contribution in [0.4, 0.5) is 5.82 Å². The molecule has 0 aliphatic rings. The molecule has 1 amide bonds. The van der Waals surface area contributed by atoms with E-state index in [4.69, 9.17) is 9.47 Å². The van der Waals surface area contributed by atoms with E-state index >= 15 is 0 Å². The summed E-state index contributed by atoms with van der Waals surface area (Å²) in [5, 5.41) is 5.92. The zero-order valence-electron chi connectivity index (χ0n) is 14.1. The number of hydrogen-bond donors (Lipinski definition) is 2. The Morgan fingerprint density at radius 1 is 1.12 bits per heavy atom. The molecule has 128 valence electrons. The molecule has 0 aliphatic carbocycles. The van der Waals surface area contributed by atoms with Crippen LogP contribution in [-0.4, -0.2) is 36.6 Å². The molecule has 2 rings (SSSR count). The van der Waals surface area contributed by atoms with Crippen LogP contribution in [0.2, 0.25) is 0 Å². The average Bonchev–Trinajstić information content (AvgIpc) is 2.64. The highest BCUT2D eigenvalue weighted by molar-refractivity contribution is 5.91. The van der Waals surface area contributed by atoms with Crippen molar-refractivity contribution >= 4 is 11.7 Å². The van der Waals surface area contributed by atoms with Crippen LogP contribution in [0.1, 0.15) is 29.4 Å². The molecule has 0 saturated heterocycles. The lowest BCUT2D eigenvalue weighted by Gasteiger charge is -2.10. The summed E-state index contributed by atoms with van der Waals surface area (Å²) >= 11 is 0. The fraction of sp³-hybridized carbons (Fsp3) is 0.353. The molecule has 7 heteroatoms. The number of anilines is 1. The highest BCUT2D eigenvalue weighted by atomic mass is 16.5. The maximum atomic E-state index is 12.1. The third-order valence-corrected chi connectivity index (χ3v) is 3.34. The highest BCUT2D eigenvalue weighted by Crippen LogP contribution is 2.27. The predicted molar refractivity (Wildman–Crippen MR) is 91.5 cm³/mol. The van der Waals surface area contributed by atoms with E-state index in [1.165, 1.54) is 6.20 Å². The van der Waals surface area contributed by atoms with Gasteiger partial charge in [0, 0.05) is 13.1 Å². The molecule has 0 unspecified atom stereocenters. The molecule has 0 aliphatic heterocycles. The second-order valence-electron chi connectivity index (χ2n) is 5.09. The van der Waals surface area contributed by atoms with Crippen molar-refractivity contribution in [1.29, 1.82) is 0 Å². The van der Waals surface area contributed by atoms with Crippen LogP contribution in [0.5, 0.6) is 11.5 Å². The van der Waals surface area contributed by atoms with E-state index < -0.39 is 0 Å². The molecule has 2 aromatic rings. The molecule has 0 fully saturated rings. The van der Waals surface area contributed by atoms with Crippen LogP contribution in [0, 0.1) is 0 Å². The van der Waals surface area contributed by atoms with Crippen molar-refractivity contribution in [2.45, 2.75) is 19.9 Å². The zero-order chi connectivity index (χ0) is 17.4. The Kier molecular flexibility index (Phi) is 6.36. The molecule has 1 heterocycles. The summed E-state index contributed by atoms with van der Waals surface area (Å²) in [6, 6.07) is 5.49. The maximum absolute atomic E-state index is 12.1. The average molecular weight is 330 g/mol. The van der Waals surface area contributed by atoms with Gasteiger partial charge in [0.05, 0.1) is 26.6 Å². The molecule has 0 bridgehead atoms. The quantitative estimate of drug-likeness (QED) is 0.772.